The number of carbonyl (C=O) groups excluding carboxylic acids is 2. The molecule has 0 aliphatic heterocycles. The summed E-state index contributed by atoms with van der Waals surface area (Å²) >= 11 is 0. The van der Waals surface area contributed by atoms with Crippen molar-refractivity contribution in [2.75, 3.05) is 0 Å². The van der Waals surface area contributed by atoms with E-state index in [1.54, 1.807) is 0 Å². The summed E-state index contributed by atoms with van der Waals surface area (Å²) in [4.78, 5) is 21.8. The second-order valence-electron chi connectivity index (χ2n) is 5.25. The van der Waals surface area contributed by atoms with E-state index in [0.717, 1.165) is 16.7 Å². The molecule has 1 aromatic carbocycles. The molecular formula is C15H19O3. The molecule has 18 heavy (non-hydrogen) atoms. The normalized spacial score (nSPS) is 11.2. The second-order valence-corrected chi connectivity index (χ2v) is 5.25. The van der Waals surface area contributed by atoms with Gasteiger partial charge in [-0.1, -0.05) is 19.9 Å². The quantitative estimate of drug-likeness (QED) is 0.606. The van der Waals surface area contributed by atoms with E-state index in [4.69, 9.17) is 4.74 Å². The van der Waals surface area contributed by atoms with E-state index in [-0.39, 0.29) is 12.4 Å². The molecule has 0 unspecified atom stereocenters. The lowest BCUT2D eigenvalue weighted by Gasteiger charge is -2.27. The second kappa shape index (κ2) is 5.34. The average molecular weight is 247 g/mol. The highest BCUT2D eigenvalue weighted by Crippen LogP contribution is 2.37. The molecule has 0 aliphatic rings. The van der Waals surface area contributed by atoms with Gasteiger partial charge in [0.15, 0.2) is 6.29 Å². The van der Waals surface area contributed by atoms with Crippen LogP contribution in [0.5, 0.6) is 5.75 Å². The third kappa shape index (κ3) is 3.19. The molecule has 0 heterocycles. The molecule has 0 aromatic heterocycles. The number of aryl methyl sites for hydroxylation is 2. The van der Waals surface area contributed by atoms with Gasteiger partial charge in [-0.05, 0) is 31.0 Å². The Morgan fingerprint density at radius 3 is 2.44 bits per heavy atom. The largest absolute Gasteiger partial charge is 0.426 e. The van der Waals surface area contributed by atoms with Crippen molar-refractivity contribution in [3.63, 3.8) is 0 Å². The lowest BCUT2D eigenvalue weighted by atomic mass is 9.78. The van der Waals surface area contributed by atoms with Crippen LogP contribution in [0.4, 0.5) is 0 Å². The van der Waals surface area contributed by atoms with E-state index in [0.29, 0.717) is 5.75 Å². The van der Waals surface area contributed by atoms with Gasteiger partial charge in [-0.3, -0.25) is 9.59 Å². The van der Waals surface area contributed by atoms with Crippen molar-refractivity contribution in [2.24, 2.45) is 0 Å². The van der Waals surface area contributed by atoms with Crippen molar-refractivity contribution < 1.29 is 14.3 Å². The first-order valence-corrected chi connectivity index (χ1v) is 5.93. The first-order valence-electron chi connectivity index (χ1n) is 5.93. The average Bonchev–Trinajstić information content (AvgIpc) is 2.13. The van der Waals surface area contributed by atoms with Crippen molar-refractivity contribution in [1.29, 1.82) is 0 Å². The standard InChI is InChI=1S/C15H19O3/c1-10-8-11(2)14(15(4,5)6-7-16)13(9-10)18-12(3)17/h8-9H,6H2,1-5H3. The smallest absolute Gasteiger partial charge is 0.308 e. The van der Waals surface area contributed by atoms with Gasteiger partial charge in [-0.25, -0.2) is 0 Å². The van der Waals surface area contributed by atoms with Crippen molar-refractivity contribution in [1.82, 2.24) is 0 Å². The van der Waals surface area contributed by atoms with Gasteiger partial charge in [0.25, 0.3) is 0 Å². The molecular weight excluding hydrogens is 228 g/mol. The van der Waals surface area contributed by atoms with Gasteiger partial charge in [0.2, 0.25) is 0 Å². The molecule has 0 spiro atoms. The Hall–Kier alpha value is -1.64. The Balaban J connectivity index is 3.39. The van der Waals surface area contributed by atoms with Crippen molar-refractivity contribution in [3.8, 4) is 5.75 Å². The molecule has 0 aliphatic carbocycles. The summed E-state index contributed by atoms with van der Waals surface area (Å²) in [5, 5.41) is 0. The summed E-state index contributed by atoms with van der Waals surface area (Å²) in [7, 11) is 0. The molecule has 0 fully saturated rings. The predicted octanol–water partition coefficient (Wildman–Crippen LogP) is 3.01. The topological polar surface area (TPSA) is 43.4 Å². The molecule has 0 saturated carbocycles. The first kappa shape index (κ1) is 14.4. The fourth-order valence-corrected chi connectivity index (χ4v) is 2.30. The van der Waals surface area contributed by atoms with E-state index >= 15 is 0 Å². The molecule has 97 valence electrons. The maximum absolute atomic E-state index is 11.2. The fraction of sp³-hybridized carbons (Fsp3) is 0.467. The zero-order valence-corrected chi connectivity index (χ0v) is 11.6. The third-order valence-corrected chi connectivity index (χ3v) is 2.89. The Labute approximate surface area is 108 Å². The molecule has 0 bridgehead atoms. The van der Waals surface area contributed by atoms with E-state index in [2.05, 4.69) is 0 Å². The summed E-state index contributed by atoms with van der Waals surface area (Å²) in [5.41, 5.74) is 2.54. The van der Waals surface area contributed by atoms with Crippen LogP contribution < -0.4 is 4.74 Å². The van der Waals surface area contributed by atoms with Crippen molar-refractivity contribution in [2.45, 2.75) is 46.5 Å². The zero-order valence-electron chi connectivity index (χ0n) is 11.6. The van der Waals surface area contributed by atoms with Crippen molar-refractivity contribution >= 4 is 12.3 Å². The number of hydrogen-bond acceptors (Lipinski definition) is 3. The Kier molecular flexibility index (Phi) is 4.28. The van der Waals surface area contributed by atoms with E-state index in [1.165, 1.54) is 6.92 Å². The van der Waals surface area contributed by atoms with Crippen LogP contribution in [0.2, 0.25) is 0 Å². The molecule has 0 amide bonds. The minimum atomic E-state index is -0.398. The molecule has 0 saturated heterocycles. The lowest BCUT2D eigenvalue weighted by Crippen LogP contribution is -2.21. The first-order chi connectivity index (χ1) is 8.27. The highest BCUT2D eigenvalue weighted by atomic mass is 16.5. The molecule has 0 N–H and O–H groups in total. The number of ether oxygens (including phenoxy) is 1. The Bertz CT molecular complexity index is 473. The Morgan fingerprint density at radius 1 is 1.33 bits per heavy atom. The van der Waals surface area contributed by atoms with Crippen LogP contribution in [0, 0.1) is 13.8 Å². The molecule has 3 nitrogen and oxygen atoms in total. The SMILES string of the molecule is CC(=O)Oc1cc(C)cc(C)c1C(C)(C)C[C]=O. The van der Waals surface area contributed by atoms with Crippen LogP contribution in [-0.4, -0.2) is 12.3 Å². The van der Waals surface area contributed by atoms with Gasteiger partial charge in [0.1, 0.15) is 5.75 Å². The monoisotopic (exact) mass is 247 g/mol. The van der Waals surface area contributed by atoms with Gasteiger partial charge >= 0.3 is 5.97 Å². The maximum Gasteiger partial charge on any atom is 0.308 e. The van der Waals surface area contributed by atoms with Crippen LogP contribution in [-0.2, 0) is 15.0 Å². The number of esters is 1. The number of benzene rings is 1. The van der Waals surface area contributed by atoms with Gasteiger partial charge < -0.3 is 4.74 Å². The molecule has 1 radical (unpaired) electrons. The predicted molar refractivity (Wildman–Crippen MR) is 70.6 cm³/mol. The van der Waals surface area contributed by atoms with Gasteiger partial charge in [0, 0.05) is 24.3 Å². The lowest BCUT2D eigenvalue weighted by molar-refractivity contribution is -0.131. The Morgan fingerprint density at radius 2 is 1.94 bits per heavy atom. The van der Waals surface area contributed by atoms with Gasteiger partial charge in [-0.15, -0.1) is 0 Å². The fourth-order valence-electron chi connectivity index (χ4n) is 2.30. The summed E-state index contributed by atoms with van der Waals surface area (Å²) in [5.74, 6) is 0.187. The molecule has 3 heteroatoms. The molecule has 1 rings (SSSR count). The summed E-state index contributed by atoms with van der Waals surface area (Å²) < 4.78 is 5.27. The van der Waals surface area contributed by atoms with E-state index < -0.39 is 5.41 Å². The zero-order chi connectivity index (χ0) is 13.9. The summed E-state index contributed by atoms with van der Waals surface area (Å²) in [6.45, 7) is 9.18. The van der Waals surface area contributed by atoms with Crippen molar-refractivity contribution in [3.05, 3.63) is 28.8 Å². The number of hydrogen-bond donors (Lipinski definition) is 0. The summed E-state index contributed by atoms with van der Waals surface area (Å²) in [6, 6.07) is 3.85. The highest BCUT2D eigenvalue weighted by molar-refractivity contribution is 5.71. The van der Waals surface area contributed by atoms with Crippen LogP contribution in [0.25, 0.3) is 0 Å². The van der Waals surface area contributed by atoms with Gasteiger partial charge in [-0.2, -0.15) is 0 Å². The van der Waals surface area contributed by atoms with Crippen LogP contribution in [0.3, 0.4) is 0 Å². The van der Waals surface area contributed by atoms with E-state index in [9.17, 15) is 9.59 Å². The van der Waals surface area contributed by atoms with Gasteiger partial charge in [0.05, 0.1) is 0 Å². The molecule has 0 atom stereocenters. The van der Waals surface area contributed by atoms with Crippen LogP contribution in [0.1, 0.15) is 43.9 Å². The summed E-state index contributed by atoms with van der Waals surface area (Å²) in [6.07, 6.45) is 2.21. The molecule has 1 aromatic rings. The maximum atomic E-state index is 11.2. The highest BCUT2D eigenvalue weighted by Gasteiger charge is 2.27. The third-order valence-electron chi connectivity index (χ3n) is 2.89. The minimum Gasteiger partial charge on any atom is -0.426 e. The van der Waals surface area contributed by atoms with Crippen LogP contribution >= 0.6 is 0 Å². The van der Waals surface area contributed by atoms with Crippen LogP contribution in [0.15, 0.2) is 12.1 Å². The number of rotatable bonds is 4. The van der Waals surface area contributed by atoms with E-state index in [1.807, 2.05) is 46.1 Å². The number of carbonyl (C=O) groups is 1. The minimum absolute atomic E-state index is 0.269.